The largest absolute Gasteiger partial charge is 0.490 e. The van der Waals surface area contributed by atoms with E-state index >= 15 is 0 Å². The Hall–Kier alpha value is -1.31. The molecule has 1 aliphatic heterocycles. The summed E-state index contributed by atoms with van der Waals surface area (Å²) >= 11 is 0. The predicted octanol–water partition coefficient (Wildman–Crippen LogP) is 0.994. The lowest BCUT2D eigenvalue weighted by Gasteiger charge is -2.18. The van der Waals surface area contributed by atoms with Crippen LogP contribution < -0.4 is 10.5 Å². The number of sulfonamides is 1. The van der Waals surface area contributed by atoms with E-state index in [-0.39, 0.29) is 10.6 Å². The van der Waals surface area contributed by atoms with Crippen molar-refractivity contribution in [3.63, 3.8) is 0 Å². The van der Waals surface area contributed by atoms with Crippen molar-refractivity contribution < 1.29 is 13.2 Å². The van der Waals surface area contributed by atoms with Crippen LogP contribution in [0.1, 0.15) is 12.8 Å². The minimum Gasteiger partial charge on any atom is -0.490 e. The minimum absolute atomic E-state index is 0.0890. The van der Waals surface area contributed by atoms with E-state index < -0.39 is 10.0 Å². The van der Waals surface area contributed by atoms with Gasteiger partial charge in [-0.15, -0.1) is 0 Å². The molecule has 0 aliphatic carbocycles. The summed E-state index contributed by atoms with van der Waals surface area (Å²) in [7, 11) is -0.589. The molecular formula is C14H23N3O3S. The zero-order valence-electron chi connectivity index (χ0n) is 12.6. The Morgan fingerprint density at radius 1 is 1.29 bits per heavy atom. The summed E-state index contributed by atoms with van der Waals surface area (Å²) in [6, 6.07) is 4.85. The Morgan fingerprint density at radius 2 is 1.95 bits per heavy atom. The van der Waals surface area contributed by atoms with Gasteiger partial charge in [-0.25, -0.2) is 12.7 Å². The monoisotopic (exact) mass is 313 g/mol. The molecule has 2 rings (SSSR count). The summed E-state index contributed by atoms with van der Waals surface area (Å²) in [5.74, 6) is 0.428. The van der Waals surface area contributed by atoms with Crippen LogP contribution >= 0.6 is 0 Å². The molecule has 7 heteroatoms. The Kier molecular flexibility index (Phi) is 5.08. The van der Waals surface area contributed by atoms with E-state index in [1.54, 1.807) is 12.1 Å². The molecule has 21 heavy (non-hydrogen) atoms. The molecule has 0 aromatic heterocycles. The Morgan fingerprint density at radius 3 is 2.57 bits per heavy atom. The van der Waals surface area contributed by atoms with Crippen molar-refractivity contribution in [1.29, 1.82) is 0 Å². The smallest absolute Gasteiger partial charge is 0.244 e. The van der Waals surface area contributed by atoms with Gasteiger partial charge in [-0.3, -0.25) is 4.90 Å². The highest BCUT2D eigenvalue weighted by atomic mass is 32.2. The van der Waals surface area contributed by atoms with Crippen molar-refractivity contribution in [1.82, 2.24) is 9.21 Å². The second-order valence-corrected chi connectivity index (χ2v) is 7.47. The van der Waals surface area contributed by atoms with E-state index in [2.05, 4.69) is 4.90 Å². The normalized spacial score (nSPS) is 16.5. The third kappa shape index (κ3) is 3.66. The number of nitrogen functional groups attached to an aromatic ring is 1. The number of rotatable bonds is 6. The van der Waals surface area contributed by atoms with Crippen LogP contribution in [-0.2, 0) is 10.0 Å². The highest BCUT2D eigenvalue weighted by molar-refractivity contribution is 7.89. The standard InChI is InChI=1S/C14H23N3O3S/c1-16(2)21(18,19)13-7-5-6-12(14(13)15)20-11-10-17-8-3-4-9-17/h5-7H,3-4,8-11,15H2,1-2H3. The van der Waals surface area contributed by atoms with Crippen LogP contribution in [0.25, 0.3) is 0 Å². The summed E-state index contributed by atoms with van der Waals surface area (Å²) < 4.78 is 31.2. The number of hydrogen-bond acceptors (Lipinski definition) is 5. The Bertz CT molecular complexity index is 581. The number of likely N-dealkylation sites (tertiary alicyclic amines) is 1. The maximum Gasteiger partial charge on any atom is 0.244 e. The molecule has 0 bridgehead atoms. The molecule has 6 nitrogen and oxygen atoms in total. The summed E-state index contributed by atoms with van der Waals surface area (Å²) in [5, 5.41) is 0. The molecule has 0 spiro atoms. The zero-order chi connectivity index (χ0) is 15.5. The Labute approximate surface area is 126 Å². The lowest BCUT2D eigenvalue weighted by atomic mass is 10.3. The molecule has 2 N–H and O–H groups in total. The van der Waals surface area contributed by atoms with E-state index in [9.17, 15) is 8.42 Å². The molecule has 1 fully saturated rings. The number of ether oxygens (including phenoxy) is 1. The lowest BCUT2D eigenvalue weighted by Crippen LogP contribution is -2.25. The molecule has 0 atom stereocenters. The minimum atomic E-state index is -3.55. The average Bonchev–Trinajstić information content (AvgIpc) is 2.93. The van der Waals surface area contributed by atoms with E-state index in [0.29, 0.717) is 12.4 Å². The fraction of sp³-hybridized carbons (Fsp3) is 0.571. The van der Waals surface area contributed by atoms with Gasteiger partial charge >= 0.3 is 0 Å². The topological polar surface area (TPSA) is 75.9 Å². The third-order valence-electron chi connectivity index (χ3n) is 3.65. The highest BCUT2D eigenvalue weighted by Gasteiger charge is 2.22. The number of nitrogens with zero attached hydrogens (tertiary/aromatic N) is 2. The van der Waals surface area contributed by atoms with Crippen molar-refractivity contribution >= 4 is 15.7 Å². The van der Waals surface area contributed by atoms with E-state index in [4.69, 9.17) is 10.5 Å². The first kappa shape index (κ1) is 16.1. The van der Waals surface area contributed by atoms with Gasteiger partial charge in [0.05, 0.1) is 5.69 Å². The van der Waals surface area contributed by atoms with Crippen molar-refractivity contribution in [3.8, 4) is 5.75 Å². The van der Waals surface area contributed by atoms with Gasteiger partial charge in [0.1, 0.15) is 17.3 Å². The molecule has 1 aromatic rings. The summed E-state index contributed by atoms with van der Waals surface area (Å²) in [5.41, 5.74) is 6.13. The first-order valence-electron chi connectivity index (χ1n) is 7.09. The van der Waals surface area contributed by atoms with Crippen LogP contribution in [0, 0.1) is 0 Å². The van der Waals surface area contributed by atoms with Crippen LogP contribution in [0.3, 0.4) is 0 Å². The van der Waals surface area contributed by atoms with Crippen molar-refractivity contribution in [2.24, 2.45) is 0 Å². The van der Waals surface area contributed by atoms with E-state index in [0.717, 1.165) is 23.9 Å². The first-order valence-corrected chi connectivity index (χ1v) is 8.53. The van der Waals surface area contributed by atoms with E-state index in [1.807, 2.05) is 0 Å². The van der Waals surface area contributed by atoms with Crippen LogP contribution in [0.2, 0.25) is 0 Å². The van der Waals surface area contributed by atoms with Gasteiger partial charge in [0.25, 0.3) is 0 Å². The van der Waals surface area contributed by atoms with Gasteiger partial charge in [-0.2, -0.15) is 0 Å². The fourth-order valence-electron chi connectivity index (χ4n) is 2.36. The van der Waals surface area contributed by atoms with Gasteiger partial charge in [0, 0.05) is 20.6 Å². The lowest BCUT2D eigenvalue weighted by molar-refractivity contribution is 0.238. The van der Waals surface area contributed by atoms with Crippen LogP contribution in [0.4, 0.5) is 5.69 Å². The van der Waals surface area contributed by atoms with Crippen molar-refractivity contribution in [2.45, 2.75) is 17.7 Å². The average molecular weight is 313 g/mol. The molecule has 0 saturated carbocycles. The molecule has 0 unspecified atom stereocenters. The highest BCUT2D eigenvalue weighted by Crippen LogP contribution is 2.30. The van der Waals surface area contributed by atoms with Crippen molar-refractivity contribution in [2.75, 3.05) is 46.1 Å². The Balaban J connectivity index is 2.07. The van der Waals surface area contributed by atoms with Gasteiger partial charge in [0.15, 0.2) is 0 Å². The van der Waals surface area contributed by atoms with Crippen LogP contribution in [-0.4, -0.2) is 58.0 Å². The molecule has 1 aliphatic rings. The van der Waals surface area contributed by atoms with Crippen LogP contribution in [0.5, 0.6) is 5.75 Å². The van der Waals surface area contributed by atoms with Crippen molar-refractivity contribution in [3.05, 3.63) is 18.2 Å². The SMILES string of the molecule is CN(C)S(=O)(=O)c1cccc(OCCN2CCCC2)c1N. The van der Waals surface area contributed by atoms with Gasteiger partial charge in [-0.05, 0) is 38.1 Å². The van der Waals surface area contributed by atoms with Gasteiger partial charge in [0.2, 0.25) is 10.0 Å². The van der Waals surface area contributed by atoms with E-state index in [1.165, 1.54) is 33.0 Å². The number of para-hydroxylation sites is 1. The third-order valence-corrected chi connectivity index (χ3v) is 5.52. The fourth-order valence-corrected chi connectivity index (χ4v) is 3.38. The maximum absolute atomic E-state index is 12.2. The summed E-state index contributed by atoms with van der Waals surface area (Å²) in [6.45, 7) is 3.56. The molecular weight excluding hydrogens is 290 g/mol. The summed E-state index contributed by atoms with van der Waals surface area (Å²) in [6.07, 6.45) is 2.47. The number of anilines is 1. The predicted molar refractivity (Wildman–Crippen MR) is 82.9 cm³/mol. The number of benzene rings is 1. The second-order valence-electron chi connectivity index (χ2n) is 5.35. The molecule has 1 heterocycles. The maximum atomic E-state index is 12.2. The molecule has 1 aromatic carbocycles. The van der Waals surface area contributed by atoms with Gasteiger partial charge in [-0.1, -0.05) is 6.07 Å². The zero-order valence-corrected chi connectivity index (χ0v) is 13.4. The quantitative estimate of drug-likeness (QED) is 0.793. The second kappa shape index (κ2) is 6.64. The summed E-state index contributed by atoms with van der Waals surface area (Å²) in [4.78, 5) is 2.42. The molecule has 0 amide bonds. The number of hydrogen-bond donors (Lipinski definition) is 1. The van der Waals surface area contributed by atoms with Crippen LogP contribution in [0.15, 0.2) is 23.1 Å². The first-order chi connectivity index (χ1) is 9.93. The van der Waals surface area contributed by atoms with Gasteiger partial charge < -0.3 is 10.5 Å². The molecule has 118 valence electrons. The number of nitrogens with two attached hydrogens (primary N) is 1. The molecule has 0 radical (unpaired) electrons. The molecule has 1 saturated heterocycles.